The van der Waals surface area contributed by atoms with Crippen molar-refractivity contribution in [1.82, 2.24) is 14.9 Å². The second-order valence-electron chi connectivity index (χ2n) is 6.47. The minimum absolute atomic E-state index is 0.243. The van der Waals surface area contributed by atoms with Gasteiger partial charge in [0.25, 0.3) is 0 Å². The number of nitrogens with zero attached hydrogens (tertiary/aromatic N) is 3. The van der Waals surface area contributed by atoms with E-state index in [9.17, 15) is 0 Å². The number of hydrogen-bond donors (Lipinski definition) is 1. The molecule has 0 fully saturated rings. The van der Waals surface area contributed by atoms with Crippen LogP contribution in [0.15, 0.2) is 40.0 Å². The predicted octanol–water partition coefficient (Wildman–Crippen LogP) is 4.26. The number of ether oxygens (including phenoxy) is 3. The quantitative estimate of drug-likeness (QED) is 0.382. The number of benzene rings is 2. The fraction of sp³-hybridized carbons (Fsp3) is 0.300. The number of rotatable bonds is 8. The van der Waals surface area contributed by atoms with Crippen LogP contribution >= 0.6 is 27.7 Å². The highest BCUT2D eigenvalue weighted by atomic mass is 79.9. The Kier molecular flexibility index (Phi) is 6.92. The lowest BCUT2D eigenvalue weighted by Gasteiger charge is -2.11. The zero-order valence-corrected chi connectivity index (χ0v) is 19.1. The van der Waals surface area contributed by atoms with Crippen molar-refractivity contribution in [2.75, 3.05) is 20.1 Å². The van der Waals surface area contributed by atoms with Crippen LogP contribution in [0.3, 0.4) is 0 Å². The summed E-state index contributed by atoms with van der Waals surface area (Å²) in [5.41, 5.74) is 3.32. The molecule has 3 rings (SSSR count). The van der Waals surface area contributed by atoms with E-state index in [0.717, 1.165) is 26.9 Å². The molecule has 7 nitrogen and oxygen atoms in total. The molecule has 1 aromatic heterocycles. The Morgan fingerprint density at radius 3 is 2.31 bits per heavy atom. The van der Waals surface area contributed by atoms with Gasteiger partial charge in [-0.2, -0.15) is 0 Å². The van der Waals surface area contributed by atoms with E-state index in [-0.39, 0.29) is 6.61 Å². The highest BCUT2D eigenvalue weighted by Crippen LogP contribution is 2.35. The second-order valence-corrected chi connectivity index (χ2v) is 8.27. The van der Waals surface area contributed by atoms with Gasteiger partial charge in [0.1, 0.15) is 12.4 Å². The molecule has 0 aliphatic rings. The van der Waals surface area contributed by atoms with Crippen molar-refractivity contribution in [2.45, 2.75) is 31.4 Å². The predicted molar refractivity (Wildman–Crippen MR) is 117 cm³/mol. The summed E-state index contributed by atoms with van der Waals surface area (Å²) in [6, 6.07) is 9.87. The third kappa shape index (κ3) is 5.16. The van der Waals surface area contributed by atoms with Gasteiger partial charge in [-0.25, -0.2) is 4.68 Å². The minimum Gasteiger partial charge on any atom is -0.493 e. The van der Waals surface area contributed by atoms with Gasteiger partial charge in [0, 0.05) is 10.2 Å². The van der Waals surface area contributed by atoms with E-state index in [4.69, 9.17) is 20.1 Å². The smallest absolute Gasteiger partial charge is 0.210 e. The molecule has 3 aromatic rings. The van der Waals surface area contributed by atoms with Crippen molar-refractivity contribution in [3.63, 3.8) is 0 Å². The van der Waals surface area contributed by atoms with Crippen molar-refractivity contribution >= 4 is 27.7 Å². The normalized spacial score (nSPS) is 10.8. The van der Waals surface area contributed by atoms with Gasteiger partial charge in [-0.3, -0.25) is 0 Å². The van der Waals surface area contributed by atoms with E-state index in [1.165, 1.54) is 16.4 Å². The van der Waals surface area contributed by atoms with Crippen LogP contribution in [0.2, 0.25) is 0 Å². The Balaban J connectivity index is 1.67. The second kappa shape index (κ2) is 9.41. The highest BCUT2D eigenvalue weighted by molar-refractivity contribution is 9.10. The van der Waals surface area contributed by atoms with E-state index in [0.29, 0.717) is 28.2 Å². The number of aromatic nitrogens is 3. The number of nitrogens with two attached hydrogens (primary N) is 1. The van der Waals surface area contributed by atoms with Crippen LogP contribution in [0.1, 0.15) is 22.5 Å². The van der Waals surface area contributed by atoms with Crippen molar-refractivity contribution in [2.24, 2.45) is 0 Å². The third-order valence-electron chi connectivity index (χ3n) is 4.21. The maximum Gasteiger partial charge on any atom is 0.210 e. The number of methoxy groups -OCH3 is 2. The summed E-state index contributed by atoms with van der Waals surface area (Å²) in [6.45, 7) is 4.31. The molecule has 0 saturated carbocycles. The van der Waals surface area contributed by atoms with Gasteiger partial charge in [0.2, 0.25) is 5.16 Å². The van der Waals surface area contributed by atoms with Crippen LogP contribution in [-0.4, -0.2) is 29.1 Å². The summed E-state index contributed by atoms with van der Waals surface area (Å²) in [4.78, 5) is 0. The van der Waals surface area contributed by atoms with Crippen LogP contribution in [-0.2, 0) is 12.4 Å². The Labute approximate surface area is 182 Å². The molecule has 0 aliphatic heterocycles. The van der Waals surface area contributed by atoms with Gasteiger partial charge in [-0.1, -0.05) is 33.8 Å². The maximum absolute atomic E-state index is 6.17. The van der Waals surface area contributed by atoms with Crippen LogP contribution < -0.4 is 20.1 Å². The number of aryl methyl sites for hydroxylation is 2. The highest BCUT2D eigenvalue weighted by Gasteiger charge is 2.14. The molecule has 154 valence electrons. The Morgan fingerprint density at radius 2 is 1.66 bits per heavy atom. The third-order valence-corrected chi connectivity index (χ3v) is 5.94. The lowest BCUT2D eigenvalue weighted by Crippen LogP contribution is -2.15. The van der Waals surface area contributed by atoms with Crippen LogP contribution in [0.25, 0.3) is 0 Å². The molecule has 0 amide bonds. The number of hydrogen-bond acceptors (Lipinski definition) is 7. The van der Waals surface area contributed by atoms with Gasteiger partial charge in [0.05, 0.1) is 14.2 Å². The van der Waals surface area contributed by atoms with Crippen molar-refractivity contribution in [3.8, 4) is 17.2 Å². The van der Waals surface area contributed by atoms with Crippen LogP contribution in [0.4, 0.5) is 0 Å². The molecule has 0 saturated heterocycles. The van der Waals surface area contributed by atoms with E-state index >= 15 is 0 Å². The monoisotopic (exact) mass is 478 g/mol. The number of thioether (sulfide) groups is 1. The molecule has 2 aromatic carbocycles. The molecule has 0 unspecified atom stereocenters. The van der Waals surface area contributed by atoms with Crippen LogP contribution in [0, 0.1) is 13.8 Å². The molecule has 9 heteroatoms. The Hall–Kier alpha value is -2.39. The van der Waals surface area contributed by atoms with Gasteiger partial charge >= 0.3 is 0 Å². The summed E-state index contributed by atoms with van der Waals surface area (Å²) >= 11 is 5.04. The fourth-order valence-electron chi connectivity index (χ4n) is 2.82. The molecule has 0 radical (unpaired) electrons. The van der Waals surface area contributed by atoms with E-state index in [2.05, 4.69) is 32.2 Å². The first kappa shape index (κ1) is 21.3. The molecule has 0 bridgehead atoms. The molecule has 29 heavy (non-hydrogen) atoms. The SMILES string of the molecule is COc1cc(Br)c(CSc2nnc(COc3cc(C)cc(C)c3)n2N)cc1OC. The average Bonchev–Trinajstić information content (AvgIpc) is 3.04. The number of halogens is 1. The molecule has 0 aliphatic carbocycles. The topological polar surface area (TPSA) is 84.4 Å². The fourth-order valence-corrected chi connectivity index (χ4v) is 4.33. The van der Waals surface area contributed by atoms with Crippen molar-refractivity contribution in [3.05, 3.63) is 57.3 Å². The maximum atomic E-state index is 6.17. The summed E-state index contributed by atoms with van der Waals surface area (Å²) in [5.74, 6) is 9.48. The first-order valence-corrected chi connectivity index (χ1v) is 10.6. The van der Waals surface area contributed by atoms with Crippen LogP contribution in [0.5, 0.6) is 17.2 Å². The molecule has 2 N–H and O–H groups in total. The van der Waals surface area contributed by atoms with Gasteiger partial charge in [-0.15, -0.1) is 10.2 Å². The van der Waals surface area contributed by atoms with E-state index < -0.39 is 0 Å². The van der Waals surface area contributed by atoms with Gasteiger partial charge in [0.15, 0.2) is 17.3 Å². The van der Waals surface area contributed by atoms with Gasteiger partial charge in [-0.05, 0) is 54.8 Å². The lowest BCUT2D eigenvalue weighted by molar-refractivity contribution is 0.291. The van der Waals surface area contributed by atoms with Gasteiger partial charge < -0.3 is 20.1 Å². The lowest BCUT2D eigenvalue weighted by atomic mass is 10.1. The minimum atomic E-state index is 0.243. The molecular weight excluding hydrogens is 456 g/mol. The largest absolute Gasteiger partial charge is 0.493 e. The van der Waals surface area contributed by atoms with Crippen molar-refractivity contribution in [1.29, 1.82) is 0 Å². The standard InChI is InChI=1S/C20H23BrN4O3S/c1-12-5-13(2)7-15(6-12)28-10-19-23-24-20(25(19)22)29-11-14-8-17(26-3)18(27-4)9-16(14)21/h5-9H,10-11,22H2,1-4H3. The van der Waals surface area contributed by atoms with E-state index in [1.54, 1.807) is 14.2 Å². The van der Waals surface area contributed by atoms with Crippen molar-refractivity contribution < 1.29 is 14.2 Å². The summed E-state index contributed by atoms with van der Waals surface area (Å²) in [6.07, 6.45) is 0. The zero-order chi connectivity index (χ0) is 21.0. The first-order valence-electron chi connectivity index (χ1n) is 8.85. The summed E-state index contributed by atoms with van der Waals surface area (Å²) in [5, 5.41) is 8.94. The first-order chi connectivity index (χ1) is 13.9. The molecular formula is C20H23BrN4O3S. The zero-order valence-electron chi connectivity index (χ0n) is 16.7. The molecule has 0 atom stereocenters. The average molecular weight is 479 g/mol. The summed E-state index contributed by atoms with van der Waals surface area (Å²) in [7, 11) is 3.22. The molecule has 0 spiro atoms. The summed E-state index contributed by atoms with van der Waals surface area (Å²) < 4.78 is 18.9. The Bertz CT molecular complexity index is 989. The number of nitrogen functional groups attached to an aromatic ring is 1. The Morgan fingerprint density at radius 1 is 1.00 bits per heavy atom. The van der Waals surface area contributed by atoms with E-state index in [1.807, 2.05) is 38.1 Å². The molecule has 1 heterocycles.